The van der Waals surface area contributed by atoms with Gasteiger partial charge in [0.15, 0.2) is 0 Å². The molecule has 4 nitrogen and oxygen atoms in total. The summed E-state index contributed by atoms with van der Waals surface area (Å²) in [4.78, 5) is 26.0. The Morgan fingerprint density at radius 3 is 2.48 bits per heavy atom. The van der Waals surface area contributed by atoms with E-state index < -0.39 is 6.04 Å². The molecule has 0 unspecified atom stereocenters. The second-order valence-corrected chi connectivity index (χ2v) is 6.19. The summed E-state index contributed by atoms with van der Waals surface area (Å²) in [5.74, 6) is -0.636. The number of benzene rings is 2. The molecule has 1 fully saturated rings. The third-order valence-electron chi connectivity index (χ3n) is 3.71. The molecule has 1 saturated heterocycles. The number of carbonyl (C=O) groups excluding carboxylic acids is 2. The zero-order valence-corrected chi connectivity index (χ0v) is 13.9. The zero-order valence-electron chi connectivity index (χ0n) is 12.3. The van der Waals surface area contributed by atoms with E-state index >= 15 is 0 Å². The molecule has 6 heteroatoms. The SMILES string of the molecule is Cc1ccc(N[C@H]2CC(=O)N(c3cccc(Cl)c3Cl)C2=O)cc1. The van der Waals surface area contributed by atoms with E-state index in [2.05, 4.69) is 5.32 Å². The van der Waals surface area contributed by atoms with Gasteiger partial charge in [0, 0.05) is 5.69 Å². The normalized spacial score (nSPS) is 17.7. The molecule has 118 valence electrons. The number of hydrogen-bond donors (Lipinski definition) is 1. The van der Waals surface area contributed by atoms with Gasteiger partial charge in [0.1, 0.15) is 6.04 Å². The molecule has 0 aliphatic carbocycles. The Morgan fingerprint density at radius 2 is 1.78 bits per heavy atom. The summed E-state index contributed by atoms with van der Waals surface area (Å²) >= 11 is 12.1. The molecule has 0 radical (unpaired) electrons. The predicted octanol–water partition coefficient (Wildman–Crippen LogP) is 4.05. The first-order valence-electron chi connectivity index (χ1n) is 7.11. The smallest absolute Gasteiger partial charge is 0.256 e. The first kappa shape index (κ1) is 15.8. The summed E-state index contributed by atoms with van der Waals surface area (Å²) in [6.45, 7) is 1.98. The van der Waals surface area contributed by atoms with E-state index in [1.165, 1.54) is 0 Å². The number of halogens is 2. The largest absolute Gasteiger partial charge is 0.373 e. The van der Waals surface area contributed by atoms with Crippen molar-refractivity contribution in [3.63, 3.8) is 0 Å². The molecule has 3 rings (SSSR count). The maximum absolute atomic E-state index is 12.6. The summed E-state index contributed by atoms with van der Waals surface area (Å²) in [7, 11) is 0. The fourth-order valence-electron chi connectivity index (χ4n) is 2.51. The Bertz CT molecular complexity index is 775. The monoisotopic (exact) mass is 348 g/mol. The molecule has 0 spiro atoms. The molecule has 1 N–H and O–H groups in total. The second kappa shape index (κ2) is 6.22. The van der Waals surface area contributed by atoms with E-state index in [0.717, 1.165) is 16.2 Å². The van der Waals surface area contributed by atoms with Gasteiger partial charge in [0.2, 0.25) is 5.91 Å². The highest BCUT2D eigenvalue weighted by Crippen LogP contribution is 2.35. The van der Waals surface area contributed by atoms with Crippen LogP contribution < -0.4 is 10.2 Å². The predicted molar refractivity (Wildman–Crippen MR) is 92.2 cm³/mol. The summed E-state index contributed by atoms with van der Waals surface area (Å²) in [6, 6.07) is 11.9. The highest BCUT2D eigenvalue weighted by Gasteiger charge is 2.40. The fourth-order valence-corrected chi connectivity index (χ4v) is 2.89. The summed E-state index contributed by atoms with van der Waals surface area (Å²) < 4.78 is 0. The van der Waals surface area contributed by atoms with E-state index in [1.807, 2.05) is 31.2 Å². The van der Waals surface area contributed by atoms with Crippen molar-refractivity contribution in [2.45, 2.75) is 19.4 Å². The fraction of sp³-hybridized carbons (Fsp3) is 0.176. The van der Waals surface area contributed by atoms with Crippen molar-refractivity contribution < 1.29 is 9.59 Å². The minimum atomic E-state index is -0.611. The maximum atomic E-state index is 12.6. The molecular formula is C17H14Cl2N2O2. The molecule has 0 aromatic heterocycles. The highest BCUT2D eigenvalue weighted by atomic mass is 35.5. The number of nitrogens with one attached hydrogen (secondary N) is 1. The molecule has 2 aromatic rings. The van der Waals surface area contributed by atoms with Crippen molar-refractivity contribution in [1.29, 1.82) is 0 Å². The van der Waals surface area contributed by atoms with Crippen molar-refractivity contribution in [3.05, 3.63) is 58.1 Å². The van der Waals surface area contributed by atoms with E-state index in [0.29, 0.717) is 10.7 Å². The maximum Gasteiger partial charge on any atom is 0.256 e. The lowest BCUT2D eigenvalue weighted by molar-refractivity contribution is -0.121. The van der Waals surface area contributed by atoms with Crippen LogP contribution in [0.1, 0.15) is 12.0 Å². The number of aryl methyl sites for hydroxylation is 1. The van der Waals surface area contributed by atoms with Gasteiger partial charge in [0.05, 0.1) is 22.2 Å². The molecular weight excluding hydrogens is 335 g/mol. The zero-order chi connectivity index (χ0) is 16.6. The van der Waals surface area contributed by atoms with Crippen LogP contribution in [-0.2, 0) is 9.59 Å². The molecule has 1 atom stereocenters. The van der Waals surface area contributed by atoms with Crippen LogP contribution in [0.15, 0.2) is 42.5 Å². The number of anilines is 2. The van der Waals surface area contributed by atoms with Gasteiger partial charge < -0.3 is 5.32 Å². The van der Waals surface area contributed by atoms with Crippen LogP contribution in [0.25, 0.3) is 0 Å². The standard InChI is InChI=1S/C17H14Cl2N2O2/c1-10-5-7-11(8-6-10)20-13-9-15(22)21(17(13)23)14-4-2-3-12(18)16(14)19/h2-8,13,20H,9H2,1H3/t13-/m0/s1. The Hall–Kier alpha value is -2.04. The third-order valence-corrected chi connectivity index (χ3v) is 4.52. The second-order valence-electron chi connectivity index (χ2n) is 5.41. The van der Waals surface area contributed by atoms with Crippen LogP contribution in [0, 0.1) is 6.92 Å². The molecule has 0 saturated carbocycles. The highest BCUT2D eigenvalue weighted by molar-refractivity contribution is 6.45. The summed E-state index contributed by atoms with van der Waals surface area (Å²) in [5.41, 5.74) is 2.24. The quantitative estimate of drug-likeness (QED) is 0.851. The van der Waals surface area contributed by atoms with Crippen LogP contribution in [0.3, 0.4) is 0 Å². The molecule has 1 aliphatic heterocycles. The minimum Gasteiger partial charge on any atom is -0.373 e. The Labute approximate surface area is 144 Å². The average Bonchev–Trinajstić information content (AvgIpc) is 2.79. The lowest BCUT2D eigenvalue weighted by Gasteiger charge is -2.17. The van der Waals surface area contributed by atoms with E-state index in [1.54, 1.807) is 18.2 Å². The van der Waals surface area contributed by atoms with Crippen LogP contribution in [-0.4, -0.2) is 17.9 Å². The summed E-state index contributed by atoms with van der Waals surface area (Å²) in [6.07, 6.45) is 0.0789. The van der Waals surface area contributed by atoms with E-state index in [4.69, 9.17) is 23.2 Å². The average molecular weight is 349 g/mol. The Morgan fingerprint density at radius 1 is 1.09 bits per heavy atom. The molecule has 2 aromatic carbocycles. The Balaban J connectivity index is 1.85. The van der Waals surface area contributed by atoms with Crippen molar-refractivity contribution in [3.8, 4) is 0 Å². The van der Waals surface area contributed by atoms with Gasteiger partial charge in [-0.2, -0.15) is 0 Å². The van der Waals surface area contributed by atoms with Gasteiger partial charge in [-0.15, -0.1) is 0 Å². The van der Waals surface area contributed by atoms with Gasteiger partial charge in [-0.1, -0.05) is 47.0 Å². The van der Waals surface area contributed by atoms with Crippen LogP contribution in [0.2, 0.25) is 10.0 Å². The van der Waals surface area contributed by atoms with Crippen molar-refractivity contribution in [1.82, 2.24) is 0 Å². The minimum absolute atomic E-state index is 0.0789. The molecule has 1 aliphatic rings. The van der Waals surface area contributed by atoms with Gasteiger partial charge in [-0.25, -0.2) is 4.90 Å². The van der Waals surface area contributed by atoms with E-state index in [-0.39, 0.29) is 23.3 Å². The van der Waals surface area contributed by atoms with Gasteiger partial charge in [0.25, 0.3) is 5.91 Å². The number of rotatable bonds is 3. The van der Waals surface area contributed by atoms with Crippen molar-refractivity contribution in [2.24, 2.45) is 0 Å². The summed E-state index contributed by atoms with van der Waals surface area (Å²) in [5, 5.41) is 3.60. The number of carbonyl (C=O) groups is 2. The first-order valence-corrected chi connectivity index (χ1v) is 7.87. The number of amides is 2. The lowest BCUT2D eigenvalue weighted by atomic mass is 10.2. The van der Waals surface area contributed by atoms with Crippen molar-refractivity contribution >= 4 is 46.4 Å². The van der Waals surface area contributed by atoms with Crippen LogP contribution in [0.5, 0.6) is 0 Å². The van der Waals surface area contributed by atoms with Gasteiger partial charge >= 0.3 is 0 Å². The third kappa shape index (κ3) is 3.05. The molecule has 1 heterocycles. The molecule has 23 heavy (non-hydrogen) atoms. The van der Waals surface area contributed by atoms with Crippen LogP contribution >= 0.6 is 23.2 Å². The Kier molecular flexibility index (Phi) is 4.28. The molecule has 2 amide bonds. The lowest BCUT2D eigenvalue weighted by Crippen LogP contribution is -2.35. The first-order chi connectivity index (χ1) is 11.0. The van der Waals surface area contributed by atoms with Crippen LogP contribution in [0.4, 0.5) is 11.4 Å². The van der Waals surface area contributed by atoms with Gasteiger partial charge in [-0.05, 0) is 31.2 Å². The van der Waals surface area contributed by atoms with Crippen molar-refractivity contribution in [2.75, 3.05) is 10.2 Å². The number of imide groups is 1. The van der Waals surface area contributed by atoms with E-state index in [9.17, 15) is 9.59 Å². The van der Waals surface area contributed by atoms with Gasteiger partial charge in [-0.3, -0.25) is 9.59 Å². The number of nitrogens with zero attached hydrogens (tertiary/aromatic N) is 1. The topological polar surface area (TPSA) is 49.4 Å². The molecule has 0 bridgehead atoms. The number of hydrogen-bond acceptors (Lipinski definition) is 3.